The van der Waals surface area contributed by atoms with Gasteiger partial charge in [-0.2, -0.15) is 0 Å². The Morgan fingerprint density at radius 2 is 1.85 bits per heavy atom. The smallest absolute Gasteiger partial charge is 0.410 e. The predicted octanol–water partition coefficient (Wildman–Crippen LogP) is 3.16. The van der Waals surface area contributed by atoms with E-state index in [9.17, 15) is 4.79 Å². The topological polar surface area (TPSA) is 41.6 Å². The van der Waals surface area contributed by atoms with Crippen LogP contribution in [0.4, 0.5) is 4.79 Å². The Hall–Kier alpha value is -0.770. The standard InChI is InChI=1S/C16H30N2O2/c1-15(2,3)9-12-13-8-7-11(10-17-12)18(13)14(19)20-16(4,5)6/h11-13,17H,7-10H2,1-6H3/t11-,12-,13+/m1/s1. The van der Waals surface area contributed by atoms with Gasteiger partial charge in [0.25, 0.3) is 0 Å². The van der Waals surface area contributed by atoms with Crippen LogP contribution in [0.2, 0.25) is 0 Å². The van der Waals surface area contributed by atoms with E-state index < -0.39 is 5.60 Å². The van der Waals surface area contributed by atoms with E-state index >= 15 is 0 Å². The number of piperazine rings is 1. The first-order valence-corrected chi connectivity index (χ1v) is 7.81. The first-order valence-electron chi connectivity index (χ1n) is 7.81. The second-order valence-corrected chi connectivity index (χ2v) is 8.47. The van der Waals surface area contributed by atoms with Gasteiger partial charge >= 0.3 is 6.09 Å². The summed E-state index contributed by atoms with van der Waals surface area (Å²) in [5.74, 6) is 0. The van der Waals surface area contributed by atoms with E-state index in [0.717, 1.165) is 25.8 Å². The Kier molecular flexibility index (Phi) is 4.07. The molecule has 0 aromatic heterocycles. The molecule has 0 aliphatic carbocycles. The number of hydrogen-bond donors (Lipinski definition) is 1. The number of fused-ring (bicyclic) bond motifs is 2. The van der Waals surface area contributed by atoms with Crippen molar-refractivity contribution in [3.63, 3.8) is 0 Å². The van der Waals surface area contributed by atoms with Crippen molar-refractivity contribution < 1.29 is 9.53 Å². The molecular formula is C16H30N2O2. The molecule has 0 spiro atoms. The third-order valence-corrected chi connectivity index (χ3v) is 4.06. The van der Waals surface area contributed by atoms with Crippen LogP contribution in [0.25, 0.3) is 0 Å². The minimum atomic E-state index is -0.416. The number of rotatable bonds is 1. The maximum atomic E-state index is 12.5. The van der Waals surface area contributed by atoms with E-state index in [2.05, 4.69) is 26.1 Å². The van der Waals surface area contributed by atoms with Gasteiger partial charge in [0.05, 0.1) is 6.04 Å². The normalized spacial score (nSPS) is 30.5. The second kappa shape index (κ2) is 5.21. The zero-order valence-electron chi connectivity index (χ0n) is 13.8. The molecule has 2 aliphatic rings. The molecule has 4 heteroatoms. The number of nitrogens with one attached hydrogen (secondary N) is 1. The molecule has 116 valence electrons. The van der Waals surface area contributed by atoms with Gasteiger partial charge in [-0.3, -0.25) is 4.90 Å². The Labute approximate surface area is 123 Å². The van der Waals surface area contributed by atoms with E-state index in [1.807, 2.05) is 25.7 Å². The maximum absolute atomic E-state index is 12.5. The lowest BCUT2D eigenvalue weighted by molar-refractivity contribution is 0.00157. The molecule has 0 saturated carbocycles. The van der Waals surface area contributed by atoms with Crippen molar-refractivity contribution in [3.05, 3.63) is 0 Å². The summed E-state index contributed by atoms with van der Waals surface area (Å²) in [5, 5.41) is 3.64. The molecule has 2 rings (SSSR count). The predicted molar refractivity (Wildman–Crippen MR) is 80.7 cm³/mol. The molecule has 4 nitrogen and oxygen atoms in total. The summed E-state index contributed by atoms with van der Waals surface area (Å²) in [6, 6.07) is 0.996. The van der Waals surface area contributed by atoms with Crippen LogP contribution in [0.15, 0.2) is 0 Å². The van der Waals surface area contributed by atoms with Gasteiger partial charge in [0.1, 0.15) is 5.60 Å². The van der Waals surface area contributed by atoms with E-state index in [4.69, 9.17) is 4.74 Å². The number of carbonyl (C=O) groups excluding carboxylic acids is 1. The minimum absolute atomic E-state index is 0.134. The summed E-state index contributed by atoms with van der Waals surface area (Å²) >= 11 is 0. The van der Waals surface area contributed by atoms with Gasteiger partial charge in [0.15, 0.2) is 0 Å². The molecular weight excluding hydrogens is 252 g/mol. The monoisotopic (exact) mass is 282 g/mol. The van der Waals surface area contributed by atoms with E-state index in [1.165, 1.54) is 0 Å². The second-order valence-electron chi connectivity index (χ2n) is 8.47. The summed E-state index contributed by atoms with van der Waals surface area (Å²) in [7, 11) is 0. The average Bonchev–Trinajstić information content (AvgIpc) is 2.55. The molecule has 0 radical (unpaired) electrons. The molecule has 1 N–H and O–H groups in total. The Morgan fingerprint density at radius 1 is 1.20 bits per heavy atom. The molecule has 2 heterocycles. The van der Waals surface area contributed by atoms with Crippen molar-refractivity contribution in [2.24, 2.45) is 5.41 Å². The molecule has 2 aliphatic heterocycles. The fourth-order valence-corrected chi connectivity index (χ4v) is 3.40. The van der Waals surface area contributed by atoms with Crippen molar-refractivity contribution in [3.8, 4) is 0 Å². The highest BCUT2D eigenvalue weighted by atomic mass is 16.6. The molecule has 3 atom stereocenters. The third-order valence-electron chi connectivity index (χ3n) is 4.06. The molecule has 0 aromatic rings. The highest BCUT2D eigenvalue weighted by Gasteiger charge is 2.46. The minimum Gasteiger partial charge on any atom is -0.444 e. The van der Waals surface area contributed by atoms with Crippen molar-refractivity contribution in [1.82, 2.24) is 10.2 Å². The molecule has 1 amide bonds. The van der Waals surface area contributed by atoms with Gasteiger partial charge in [-0.15, -0.1) is 0 Å². The maximum Gasteiger partial charge on any atom is 0.410 e. The van der Waals surface area contributed by atoms with Crippen molar-refractivity contribution in [1.29, 1.82) is 0 Å². The highest BCUT2D eigenvalue weighted by Crippen LogP contribution is 2.35. The number of nitrogens with zero attached hydrogens (tertiary/aromatic N) is 1. The van der Waals surface area contributed by atoms with Crippen LogP contribution >= 0.6 is 0 Å². The molecule has 2 saturated heterocycles. The zero-order chi connectivity index (χ0) is 15.1. The van der Waals surface area contributed by atoms with Gasteiger partial charge in [-0.05, 0) is 45.4 Å². The fourth-order valence-electron chi connectivity index (χ4n) is 3.40. The zero-order valence-corrected chi connectivity index (χ0v) is 13.8. The van der Waals surface area contributed by atoms with E-state index in [0.29, 0.717) is 18.1 Å². The van der Waals surface area contributed by atoms with Gasteiger partial charge in [0.2, 0.25) is 0 Å². The van der Waals surface area contributed by atoms with Gasteiger partial charge in [-0.1, -0.05) is 20.8 Å². The quantitative estimate of drug-likeness (QED) is 0.803. The molecule has 0 unspecified atom stereocenters. The van der Waals surface area contributed by atoms with Crippen molar-refractivity contribution in [2.75, 3.05) is 6.54 Å². The van der Waals surface area contributed by atoms with E-state index in [-0.39, 0.29) is 11.5 Å². The number of amides is 1. The molecule has 0 aromatic carbocycles. The lowest BCUT2D eigenvalue weighted by atomic mass is 9.84. The Bertz CT molecular complexity index is 368. The lowest BCUT2D eigenvalue weighted by Gasteiger charge is -2.43. The SMILES string of the molecule is CC(C)(C)C[C@H]1NC[C@H]2CC[C@@H]1N2C(=O)OC(C)(C)C. The lowest BCUT2D eigenvalue weighted by Crippen LogP contribution is -2.60. The van der Waals surface area contributed by atoms with Gasteiger partial charge in [-0.25, -0.2) is 4.79 Å². The highest BCUT2D eigenvalue weighted by molar-refractivity contribution is 5.70. The fraction of sp³-hybridized carbons (Fsp3) is 0.938. The Balaban J connectivity index is 2.08. The van der Waals surface area contributed by atoms with Gasteiger partial charge in [0, 0.05) is 18.6 Å². The number of hydrogen-bond acceptors (Lipinski definition) is 3. The van der Waals surface area contributed by atoms with Gasteiger partial charge < -0.3 is 10.1 Å². The average molecular weight is 282 g/mol. The largest absolute Gasteiger partial charge is 0.444 e. The van der Waals surface area contributed by atoms with Crippen LogP contribution in [-0.2, 0) is 4.74 Å². The Morgan fingerprint density at radius 3 is 2.40 bits per heavy atom. The third kappa shape index (κ3) is 3.66. The molecule has 2 fully saturated rings. The van der Waals surface area contributed by atoms with Crippen LogP contribution < -0.4 is 5.32 Å². The summed E-state index contributed by atoms with van der Waals surface area (Å²) in [4.78, 5) is 14.5. The summed E-state index contributed by atoms with van der Waals surface area (Å²) in [6.07, 6.45) is 3.14. The van der Waals surface area contributed by atoms with Crippen LogP contribution in [-0.4, -0.2) is 41.3 Å². The number of carbonyl (C=O) groups is 1. The molecule has 20 heavy (non-hydrogen) atoms. The van der Waals surface area contributed by atoms with Crippen LogP contribution in [0.5, 0.6) is 0 Å². The number of ether oxygens (including phenoxy) is 1. The molecule has 2 bridgehead atoms. The summed E-state index contributed by atoms with van der Waals surface area (Å²) in [5.41, 5.74) is -0.145. The van der Waals surface area contributed by atoms with Crippen LogP contribution in [0, 0.1) is 5.41 Å². The van der Waals surface area contributed by atoms with Crippen molar-refractivity contribution >= 4 is 6.09 Å². The first-order chi connectivity index (χ1) is 9.07. The summed E-state index contributed by atoms with van der Waals surface area (Å²) < 4.78 is 5.60. The summed E-state index contributed by atoms with van der Waals surface area (Å²) in [6.45, 7) is 13.5. The first kappa shape index (κ1) is 15.6. The van der Waals surface area contributed by atoms with Crippen molar-refractivity contribution in [2.45, 2.75) is 84.5 Å². The van der Waals surface area contributed by atoms with Crippen LogP contribution in [0.3, 0.4) is 0 Å². The van der Waals surface area contributed by atoms with E-state index in [1.54, 1.807) is 0 Å². The van der Waals surface area contributed by atoms with Crippen LogP contribution in [0.1, 0.15) is 60.8 Å².